The number of phenols is 1. The first-order valence-corrected chi connectivity index (χ1v) is 6.61. The molecule has 2 rings (SSSR count). The van der Waals surface area contributed by atoms with Crippen LogP contribution in [0, 0.1) is 0 Å². The van der Waals surface area contributed by atoms with Crippen LogP contribution in [-0.2, 0) is 11.3 Å². The Morgan fingerprint density at radius 3 is 2.81 bits per heavy atom. The van der Waals surface area contributed by atoms with Crippen LogP contribution < -0.4 is 10.6 Å². The van der Waals surface area contributed by atoms with Crippen LogP contribution in [-0.4, -0.2) is 39.2 Å². The second-order valence-corrected chi connectivity index (χ2v) is 4.50. The van der Waals surface area contributed by atoms with Gasteiger partial charge in [-0.15, -0.1) is 0 Å². The summed E-state index contributed by atoms with van der Waals surface area (Å²) in [5, 5.41) is 25.0. The number of nitrogens with one attached hydrogen (secondary N) is 3. The molecule has 0 amide bonds. The zero-order valence-corrected chi connectivity index (χ0v) is 11.4. The molecule has 0 aliphatic rings. The molecule has 0 bridgehead atoms. The van der Waals surface area contributed by atoms with Crippen molar-refractivity contribution in [2.45, 2.75) is 12.6 Å². The highest BCUT2D eigenvalue weighted by atomic mass is 16.4. The Labute approximate surface area is 122 Å². The number of H-pyrrole nitrogens is 1. The van der Waals surface area contributed by atoms with Crippen LogP contribution in [0.3, 0.4) is 0 Å². The van der Waals surface area contributed by atoms with Gasteiger partial charge in [-0.25, -0.2) is 4.98 Å². The minimum absolute atomic E-state index is 0.0269. The van der Waals surface area contributed by atoms with Crippen molar-refractivity contribution in [1.29, 1.82) is 0 Å². The topological polar surface area (TPSA) is 110 Å². The number of rotatable bonds is 8. The van der Waals surface area contributed by atoms with Gasteiger partial charge in [-0.3, -0.25) is 10.1 Å². The molecule has 1 unspecified atom stereocenters. The summed E-state index contributed by atoms with van der Waals surface area (Å²) in [4.78, 5) is 18.3. The number of para-hydroxylation sites is 1. The second kappa shape index (κ2) is 7.41. The van der Waals surface area contributed by atoms with Crippen LogP contribution in [0.25, 0.3) is 0 Å². The number of carboxylic acid groups (broad SMARTS) is 1. The SMILES string of the molecule is O=C(O)C(NCCNCc1ncc[nH]1)c1ccccc1O. The maximum absolute atomic E-state index is 11.3. The molecule has 0 saturated heterocycles. The maximum atomic E-state index is 11.3. The molecule has 7 heteroatoms. The van der Waals surface area contributed by atoms with E-state index >= 15 is 0 Å². The average molecular weight is 290 g/mol. The van der Waals surface area contributed by atoms with Crippen molar-refractivity contribution >= 4 is 5.97 Å². The van der Waals surface area contributed by atoms with Crippen LogP contribution >= 0.6 is 0 Å². The number of hydrogen-bond donors (Lipinski definition) is 5. The first-order valence-electron chi connectivity index (χ1n) is 6.61. The summed E-state index contributed by atoms with van der Waals surface area (Å²) >= 11 is 0. The summed E-state index contributed by atoms with van der Waals surface area (Å²) in [5.74, 6) is -0.228. The lowest BCUT2D eigenvalue weighted by Gasteiger charge is -2.16. The number of aromatic amines is 1. The van der Waals surface area contributed by atoms with Crippen LogP contribution in [0.2, 0.25) is 0 Å². The third-order valence-electron chi connectivity index (χ3n) is 2.99. The molecule has 0 aliphatic carbocycles. The first-order chi connectivity index (χ1) is 10.2. The summed E-state index contributed by atoms with van der Waals surface area (Å²) in [7, 11) is 0. The largest absolute Gasteiger partial charge is 0.508 e. The number of carbonyl (C=O) groups is 1. The van der Waals surface area contributed by atoms with Gasteiger partial charge in [0.25, 0.3) is 0 Å². The van der Waals surface area contributed by atoms with E-state index in [4.69, 9.17) is 0 Å². The van der Waals surface area contributed by atoms with E-state index in [2.05, 4.69) is 20.6 Å². The fourth-order valence-corrected chi connectivity index (χ4v) is 1.97. The summed E-state index contributed by atoms with van der Waals surface area (Å²) in [6, 6.07) is 5.49. The quantitative estimate of drug-likeness (QED) is 0.456. The zero-order chi connectivity index (χ0) is 15.1. The smallest absolute Gasteiger partial charge is 0.325 e. The van der Waals surface area contributed by atoms with Gasteiger partial charge >= 0.3 is 5.97 Å². The Hall–Kier alpha value is -2.38. The molecule has 0 aliphatic heterocycles. The van der Waals surface area contributed by atoms with Crippen molar-refractivity contribution in [3.8, 4) is 5.75 Å². The van der Waals surface area contributed by atoms with Gasteiger partial charge in [0.2, 0.25) is 0 Å². The van der Waals surface area contributed by atoms with Crippen LogP contribution in [0.4, 0.5) is 0 Å². The highest BCUT2D eigenvalue weighted by Gasteiger charge is 2.21. The van der Waals surface area contributed by atoms with E-state index in [-0.39, 0.29) is 5.75 Å². The molecule has 1 heterocycles. The number of aromatic nitrogens is 2. The number of phenolic OH excluding ortho intramolecular Hbond substituents is 1. The molecule has 7 nitrogen and oxygen atoms in total. The monoisotopic (exact) mass is 290 g/mol. The van der Waals surface area contributed by atoms with Crippen molar-refractivity contribution in [2.24, 2.45) is 0 Å². The van der Waals surface area contributed by atoms with Gasteiger partial charge in [0.15, 0.2) is 0 Å². The number of nitrogens with zero attached hydrogens (tertiary/aromatic N) is 1. The lowest BCUT2D eigenvalue weighted by Crippen LogP contribution is -2.34. The summed E-state index contributed by atoms with van der Waals surface area (Å²) < 4.78 is 0. The molecular formula is C14H18N4O3. The van der Waals surface area contributed by atoms with E-state index in [0.29, 0.717) is 25.2 Å². The lowest BCUT2D eigenvalue weighted by atomic mass is 10.1. The maximum Gasteiger partial charge on any atom is 0.325 e. The van der Waals surface area contributed by atoms with Gasteiger partial charge in [0.05, 0.1) is 6.54 Å². The molecule has 0 spiro atoms. The summed E-state index contributed by atoms with van der Waals surface area (Å²) in [6.07, 6.45) is 3.42. The van der Waals surface area contributed by atoms with E-state index in [9.17, 15) is 15.0 Å². The van der Waals surface area contributed by atoms with E-state index in [0.717, 1.165) is 5.82 Å². The zero-order valence-electron chi connectivity index (χ0n) is 11.4. The molecule has 1 aromatic carbocycles. The van der Waals surface area contributed by atoms with Crippen molar-refractivity contribution < 1.29 is 15.0 Å². The number of imidazole rings is 1. The standard InChI is InChI=1S/C14H18N4O3/c19-11-4-2-1-3-10(11)13(14(20)21)18-6-5-15-9-12-16-7-8-17-12/h1-4,7-8,13,15,18-19H,5-6,9H2,(H,16,17)(H,20,21). The molecule has 112 valence electrons. The second-order valence-electron chi connectivity index (χ2n) is 4.50. The van der Waals surface area contributed by atoms with Gasteiger partial charge in [-0.05, 0) is 6.07 Å². The van der Waals surface area contributed by atoms with Crippen LogP contribution in [0.15, 0.2) is 36.7 Å². The molecule has 0 fully saturated rings. The molecular weight excluding hydrogens is 272 g/mol. The average Bonchev–Trinajstić information content (AvgIpc) is 2.97. The van der Waals surface area contributed by atoms with E-state index in [1.165, 1.54) is 6.07 Å². The van der Waals surface area contributed by atoms with Crippen LogP contribution in [0.1, 0.15) is 17.4 Å². The number of benzene rings is 1. The Morgan fingerprint density at radius 1 is 1.33 bits per heavy atom. The molecule has 2 aromatic rings. The summed E-state index contributed by atoms with van der Waals surface area (Å²) in [5.41, 5.74) is 0.357. The molecule has 0 saturated carbocycles. The Balaban J connectivity index is 1.81. The molecule has 1 aromatic heterocycles. The van der Waals surface area contributed by atoms with Gasteiger partial charge in [0.1, 0.15) is 17.6 Å². The number of hydrogen-bond acceptors (Lipinski definition) is 5. The van der Waals surface area contributed by atoms with E-state index < -0.39 is 12.0 Å². The minimum Gasteiger partial charge on any atom is -0.508 e. The van der Waals surface area contributed by atoms with Gasteiger partial charge in [-0.1, -0.05) is 18.2 Å². The predicted octanol–water partition coefficient (Wildman–Crippen LogP) is 0.620. The van der Waals surface area contributed by atoms with Gasteiger partial charge in [-0.2, -0.15) is 0 Å². The van der Waals surface area contributed by atoms with Gasteiger partial charge in [0, 0.05) is 31.0 Å². The fraction of sp³-hybridized carbons (Fsp3) is 0.286. The first kappa shape index (κ1) is 15.0. The Kier molecular flexibility index (Phi) is 5.30. The van der Waals surface area contributed by atoms with Crippen molar-refractivity contribution in [2.75, 3.05) is 13.1 Å². The van der Waals surface area contributed by atoms with Crippen LogP contribution in [0.5, 0.6) is 5.75 Å². The molecule has 0 radical (unpaired) electrons. The van der Waals surface area contributed by atoms with E-state index in [1.807, 2.05) is 0 Å². The number of aliphatic carboxylic acids is 1. The minimum atomic E-state index is -1.03. The highest BCUT2D eigenvalue weighted by Crippen LogP contribution is 2.23. The third kappa shape index (κ3) is 4.30. The van der Waals surface area contributed by atoms with Gasteiger partial charge < -0.3 is 20.5 Å². The van der Waals surface area contributed by atoms with E-state index in [1.54, 1.807) is 30.6 Å². The highest BCUT2D eigenvalue weighted by molar-refractivity contribution is 5.76. The Morgan fingerprint density at radius 2 is 2.14 bits per heavy atom. The normalized spacial score (nSPS) is 12.2. The molecule has 1 atom stereocenters. The number of aromatic hydroxyl groups is 1. The Bertz CT molecular complexity index is 571. The van der Waals surface area contributed by atoms with Crippen molar-refractivity contribution in [1.82, 2.24) is 20.6 Å². The molecule has 21 heavy (non-hydrogen) atoms. The molecule has 5 N–H and O–H groups in total. The summed E-state index contributed by atoms with van der Waals surface area (Å²) in [6.45, 7) is 1.62. The number of carboxylic acids is 1. The van der Waals surface area contributed by atoms with Crippen molar-refractivity contribution in [3.05, 3.63) is 48.0 Å². The third-order valence-corrected chi connectivity index (χ3v) is 2.99. The predicted molar refractivity (Wildman–Crippen MR) is 76.8 cm³/mol. The van der Waals surface area contributed by atoms with Crippen molar-refractivity contribution in [3.63, 3.8) is 0 Å². The fourth-order valence-electron chi connectivity index (χ4n) is 1.97. The lowest BCUT2D eigenvalue weighted by molar-refractivity contribution is -0.139.